The van der Waals surface area contributed by atoms with Crippen LogP contribution in [0.5, 0.6) is 5.75 Å². The number of hydrogen-bond acceptors (Lipinski definition) is 3. The second kappa shape index (κ2) is 9.56. The smallest absolute Gasteiger partial charge is 0.228 e. The molecule has 2 aromatic rings. The lowest BCUT2D eigenvalue weighted by molar-refractivity contribution is 0.101. The molecule has 3 nitrogen and oxygen atoms in total. The molecule has 4 heteroatoms. The van der Waals surface area contributed by atoms with E-state index in [1.165, 1.54) is 32.1 Å². The minimum Gasteiger partial charge on any atom is -0.494 e. The van der Waals surface area contributed by atoms with Crippen LogP contribution in [0.25, 0.3) is 0 Å². The maximum atomic E-state index is 12.2. The number of carbonyl (C=O) groups excluding carboxylic acids is 1. The summed E-state index contributed by atoms with van der Waals surface area (Å²) in [5.41, 5.74) is 0.596. The van der Waals surface area contributed by atoms with Crippen molar-refractivity contribution in [3.05, 3.63) is 52.4 Å². The van der Waals surface area contributed by atoms with Crippen LogP contribution in [0.3, 0.4) is 0 Å². The fourth-order valence-electron chi connectivity index (χ4n) is 2.35. The standard InChI is InChI=1S/C19H23BrO3/c1-2-3-4-5-6-7-14-22-16-10-8-15(9-11-16)19(21)17-12-13-18(20)23-17/h8-13H,2-7,14H2,1H3. The Balaban J connectivity index is 1.75. The molecule has 0 aliphatic carbocycles. The van der Waals surface area contributed by atoms with Crippen molar-refractivity contribution < 1.29 is 13.9 Å². The SMILES string of the molecule is CCCCCCCCOc1ccc(C(=O)c2ccc(Br)o2)cc1. The van der Waals surface area contributed by atoms with E-state index in [-0.39, 0.29) is 5.78 Å². The largest absolute Gasteiger partial charge is 0.494 e. The molecule has 124 valence electrons. The van der Waals surface area contributed by atoms with Crippen molar-refractivity contribution >= 4 is 21.7 Å². The predicted molar refractivity (Wildman–Crippen MR) is 95.2 cm³/mol. The number of benzene rings is 1. The van der Waals surface area contributed by atoms with Gasteiger partial charge in [0.15, 0.2) is 10.4 Å². The average Bonchev–Trinajstić information content (AvgIpc) is 3.00. The van der Waals surface area contributed by atoms with Crippen LogP contribution in [0.15, 0.2) is 45.5 Å². The van der Waals surface area contributed by atoms with Crippen molar-refractivity contribution in [1.82, 2.24) is 0 Å². The Morgan fingerprint density at radius 3 is 2.35 bits per heavy atom. The van der Waals surface area contributed by atoms with Gasteiger partial charge in [-0.2, -0.15) is 0 Å². The van der Waals surface area contributed by atoms with Crippen LogP contribution in [0.4, 0.5) is 0 Å². The summed E-state index contributed by atoms with van der Waals surface area (Å²) in [5.74, 6) is 1.01. The van der Waals surface area contributed by atoms with Gasteiger partial charge in [-0.1, -0.05) is 39.0 Å². The van der Waals surface area contributed by atoms with Crippen molar-refractivity contribution in [3.8, 4) is 5.75 Å². The Morgan fingerprint density at radius 1 is 1.00 bits per heavy atom. The summed E-state index contributed by atoms with van der Waals surface area (Å²) in [5, 5.41) is 0. The van der Waals surface area contributed by atoms with Gasteiger partial charge in [0, 0.05) is 5.56 Å². The van der Waals surface area contributed by atoms with Crippen LogP contribution >= 0.6 is 15.9 Å². The van der Waals surface area contributed by atoms with Crippen LogP contribution in [-0.2, 0) is 0 Å². The fraction of sp³-hybridized carbons (Fsp3) is 0.421. The molecule has 1 aromatic carbocycles. The second-order valence-corrected chi connectivity index (χ2v) is 6.36. The molecule has 1 heterocycles. The van der Waals surface area contributed by atoms with Crippen molar-refractivity contribution in [2.45, 2.75) is 45.4 Å². The van der Waals surface area contributed by atoms with Crippen molar-refractivity contribution in [3.63, 3.8) is 0 Å². The molecule has 0 radical (unpaired) electrons. The zero-order valence-corrected chi connectivity index (χ0v) is 15.1. The maximum Gasteiger partial charge on any atom is 0.228 e. The van der Waals surface area contributed by atoms with Gasteiger partial charge in [-0.3, -0.25) is 4.79 Å². The van der Waals surface area contributed by atoms with Crippen LogP contribution in [0.1, 0.15) is 61.6 Å². The van der Waals surface area contributed by atoms with Crippen LogP contribution in [-0.4, -0.2) is 12.4 Å². The first-order chi connectivity index (χ1) is 11.2. The monoisotopic (exact) mass is 378 g/mol. The molecule has 2 rings (SSSR count). The topological polar surface area (TPSA) is 39.4 Å². The van der Waals surface area contributed by atoms with E-state index in [2.05, 4.69) is 22.9 Å². The molecular formula is C19H23BrO3. The van der Waals surface area contributed by atoms with Crippen molar-refractivity contribution in [1.29, 1.82) is 0 Å². The van der Waals surface area contributed by atoms with Gasteiger partial charge < -0.3 is 9.15 Å². The number of unbranched alkanes of at least 4 members (excludes halogenated alkanes) is 5. The zero-order chi connectivity index (χ0) is 16.5. The predicted octanol–water partition coefficient (Wildman–Crippen LogP) is 6.01. The Hall–Kier alpha value is -1.55. The van der Waals surface area contributed by atoms with Crippen LogP contribution in [0.2, 0.25) is 0 Å². The van der Waals surface area contributed by atoms with Crippen LogP contribution < -0.4 is 4.74 Å². The van der Waals surface area contributed by atoms with Crippen molar-refractivity contribution in [2.75, 3.05) is 6.61 Å². The molecule has 0 atom stereocenters. The molecule has 0 saturated carbocycles. The molecule has 0 bridgehead atoms. The van der Waals surface area contributed by atoms with Gasteiger partial charge in [0.1, 0.15) is 5.75 Å². The number of rotatable bonds is 10. The zero-order valence-electron chi connectivity index (χ0n) is 13.5. The van der Waals surface area contributed by atoms with Gasteiger partial charge in [0.2, 0.25) is 5.78 Å². The molecule has 23 heavy (non-hydrogen) atoms. The van der Waals surface area contributed by atoms with E-state index in [1.54, 1.807) is 24.3 Å². The molecule has 0 unspecified atom stereocenters. The fourth-order valence-corrected chi connectivity index (χ4v) is 2.66. The maximum absolute atomic E-state index is 12.2. The van der Waals surface area contributed by atoms with E-state index < -0.39 is 0 Å². The summed E-state index contributed by atoms with van der Waals surface area (Å²) in [6.45, 7) is 2.95. The minimum absolute atomic E-state index is 0.127. The number of ether oxygens (including phenoxy) is 1. The number of ketones is 1. The third-order valence-electron chi connectivity index (χ3n) is 3.68. The van der Waals surface area contributed by atoms with Crippen LogP contribution in [0, 0.1) is 0 Å². The molecule has 0 aliphatic heterocycles. The van der Waals surface area contributed by atoms with Gasteiger partial charge in [-0.15, -0.1) is 0 Å². The van der Waals surface area contributed by atoms with E-state index >= 15 is 0 Å². The molecule has 0 fully saturated rings. The lowest BCUT2D eigenvalue weighted by Crippen LogP contribution is -2.01. The lowest BCUT2D eigenvalue weighted by Gasteiger charge is -2.06. The summed E-state index contributed by atoms with van der Waals surface area (Å²) in [6.07, 6.45) is 7.48. The number of hydrogen-bond donors (Lipinski definition) is 0. The molecule has 0 spiro atoms. The summed E-state index contributed by atoms with van der Waals surface area (Å²) >= 11 is 3.20. The van der Waals surface area contributed by atoms with Gasteiger partial charge in [0.05, 0.1) is 6.61 Å². The molecule has 0 aliphatic rings. The highest BCUT2D eigenvalue weighted by Gasteiger charge is 2.13. The summed E-state index contributed by atoms with van der Waals surface area (Å²) < 4.78 is 11.6. The number of carbonyl (C=O) groups is 1. The minimum atomic E-state index is -0.127. The first-order valence-electron chi connectivity index (χ1n) is 8.23. The Kier molecular flexibility index (Phi) is 7.40. The molecule has 0 saturated heterocycles. The van der Waals surface area contributed by atoms with Gasteiger partial charge in [0.25, 0.3) is 0 Å². The van der Waals surface area contributed by atoms with Gasteiger partial charge in [-0.25, -0.2) is 0 Å². The highest BCUT2D eigenvalue weighted by molar-refractivity contribution is 9.10. The Morgan fingerprint density at radius 2 is 1.70 bits per heavy atom. The normalized spacial score (nSPS) is 10.7. The lowest BCUT2D eigenvalue weighted by atomic mass is 10.1. The van der Waals surface area contributed by atoms with E-state index in [4.69, 9.17) is 9.15 Å². The molecular weight excluding hydrogens is 356 g/mol. The van der Waals surface area contributed by atoms with Crippen molar-refractivity contribution in [2.24, 2.45) is 0 Å². The summed E-state index contributed by atoms with van der Waals surface area (Å²) in [4.78, 5) is 12.2. The highest BCUT2D eigenvalue weighted by Crippen LogP contribution is 2.19. The Labute approximate surface area is 146 Å². The number of halogens is 1. The summed E-state index contributed by atoms with van der Waals surface area (Å²) in [7, 11) is 0. The molecule has 0 amide bonds. The molecule has 1 aromatic heterocycles. The second-order valence-electron chi connectivity index (χ2n) is 5.57. The Bertz CT molecular complexity index is 601. The van der Waals surface area contributed by atoms with Gasteiger partial charge >= 0.3 is 0 Å². The number of furan rings is 1. The van der Waals surface area contributed by atoms with E-state index in [9.17, 15) is 4.79 Å². The third kappa shape index (κ3) is 5.87. The summed E-state index contributed by atoms with van der Waals surface area (Å²) in [6, 6.07) is 10.6. The third-order valence-corrected chi connectivity index (χ3v) is 4.11. The van der Waals surface area contributed by atoms with Gasteiger partial charge in [-0.05, 0) is 58.7 Å². The molecule has 0 N–H and O–H groups in total. The highest BCUT2D eigenvalue weighted by atomic mass is 79.9. The van der Waals surface area contributed by atoms with E-state index in [0.29, 0.717) is 16.0 Å². The average molecular weight is 379 g/mol. The van der Waals surface area contributed by atoms with E-state index in [1.807, 2.05) is 12.1 Å². The first kappa shape index (κ1) is 17.8. The first-order valence-corrected chi connectivity index (χ1v) is 9.03. The quantitative estimate of drug-likeness (QED) is 0.375. The van der Waals surface area contributed by atoms with E-state index in [0.717, 1.165) is 18.8 Å².